The Morgan fingerprint density at radius 1 is 1.37 bits per heavy atom. The van der Waals surface area contributed by atoms with Gasteiger partial charge >= 0.3 is 11.7 Å². The number of rotatable bonds is 10. The first-order valence-corrected chi connectivity index (χ1v) is 10.8. The number of aliphatic carboxylic acids is 1. The second-order valence-electron chi connectivity index (χ2n) is 7.67. The summed E-state index contributed by atoms with van der Waals surface area (Å²) in [6.45, 7) is -1.15. The van der Waals surface area contributed by atoms with Gasteiger partial charge in [-0.05, 0) is 22.0 Å². The summed E-state index contributed by atoms with van der Waals surface area (Å²) in [6, 6.07) is -2.67. The van der Waals surface area contributed by atoms with Crippen LogP contribution in [0, 0.1) is 0 Å². The first-order valence-electron chi connectivity index (χ1n) is 10.0. The minimum absolute atomic E-state index is 0.101. The summed E-state index contributed by atoms with van der Waals surface area (Å²) in [5, 5.41) is 42.8. The minimum atomic E-state index is -2.83. The molecular weight excluding hydrogens is 536 g/mol. The highest BCUT2D eigenvalue weighted by atomic mass is 79.9. The van der Waals surface area contributed by atoms with Gasteiger partial charge in [-0.15, -0.1) is 0 Å². The number of carbonyl (C=O) groups excluding carboxylic acids is 1. The van der Waals surface area contributed by atoms with Gasteiger partial charge in [-0.3, -0.25) is 14.4 Å². The summed E-state index contributed by atoms with van der Waals surface area (Å²) in [5.74, 6) is -3.16. The number of aliphatic imine (C=N–C) groups is 1. The molecule has 0 saturated carbocycles. The van der Waals surface area contributed by atoms with E-state index < -0.39 is 73.3 Å². The van der Waals surface area contributed by atoms with Crippen molar-refractivity contribution in [3.8, 4) is 0 Å². The molecule has 0 bridgehead atoms. The quantitative estimate of drug-likeness (QED) is 0.0740. The van der Waals surface area contributed by atoms with Crippen molar-refractivity contribution in [3.05, 3.63) is 33.3 Å². The zero-order valence-electron chi connectivity index (χ0n) is 18.2. The number of aliphatic hydroxyl groups excluding tert-OH is 2. The van der Waals surface area contributed by atoms with Crippen LogP contribution >= 0.6 is 15.9 Å². The molecule has 0 fully saturated rings. The molecule has 0 spiro atoms. The van der Waals surface area contributed by atoms with Crippen LogP contribution in [0.5, 0.6) is 0 Å². The largest absolute Gasteiger partial charge is 0.479 e. The molecule has 16 nitrogen and oxygen atoms in total. The molecule has 0 aromatic carbocycles. The Bertz CT molecular complexity index is 1060. The van der Waals surface area contributed by atoms with E-state index in [1.54, 1.807) is 0 Å². The molecule has 13 N–H and O–H groups in total. The first kappa shape index (κ1) is 28.1. The highest BCUT2D eigenvalue weighted by Crippen LogP contribution is 2.32. The van der Waals surface area contributed by atoms with Crippen LogP contribution in [0.4, 0.5) is 5.82 Å². The maximum atomic E-state index is 12.4. The van der Waals surface area contributed by atoms with Gasteiger partial charge in [0.05, 0.1) is 29.8 Å². The number of nitrogen functional groups attached to an aromatic ring is 1. The van der Waals surface area contributed by atoms with Crippen molar-refractivity contribution >= 4 is 39.6 Å². The number of nitrogens with two attached hydrogens (primary N) is 4. The lowest BCUT2D eigenvalue weighted by atomic mass is 9.84. The molecule has 2 rings (SSSR count). The molecule has 194 valence electrons. The molecular formula is C18H27BrN8O8. The topological polar surface area (TPSA) is 288 Å². The molecule has 35 heavy (non-hydrogen) atoms. The summed E-state index contributed by atoms with van der Waals surface area (Å²) >= 11 is 3.12. The molecule has 1 amide bonds. The molecule has 1 aromatic rings. The number of anilines is 1. The zero-order chi connectivity index (χ0) is 26.5. The minimum Gasteiger partial charge on any atom is -0.479 e. The van der Waals surface area contributed by atoms with Gasteiger partial charge in [0, 0.05) is 12.6 Å². The van der Waals surface area contributed by atoms with Gasteiger partial charge in [-0.2, -0.15) is 4.98 Å². The number of nitrogens with zero attached hydrogens (tertiary/aromatic N) is 3. The summed E-state index contributed by atoms with van der Waals surface area (Å²) < 4.78 is 6.95. The van der Waals surface area contributed by atoms with Gasteiger partial charge in [0.2, 0.25) is 5.91 Å². The number of halogens is 1. The Morgan fingerprint density at radius 3 is 2.60 bits per heavy atom. The maximum Gasteiger partial charge on any atom is 0.351 e. The second-order valence-corrected chi connectivity index (χ2v) is 8.53. The van der Waals surface area contributed by atoms with Gasteiger partial charge in [0.25, 0.3) is 0 Å². The molecule has 0 aliphatic carbocycles. The summed E-state index contributed by atoms with van der Waals surface area (Å²) in [4.78, 5) is 44.0. The van der Waals surface area contributed by atoms with Gasteiger partial charge in [0.15, 0.2) is 17.8 Å². The van der Waals surface area contributed by atoms with Crippen LogP contribution in [0.1, 0.15) is 12.6 Å². The average Bonchev–Trinajstić information content (AvgIpc) is 2.79. The molecule has 1 aliphatic rings. The van der Waals surface area contributed by atoms with E-state index in [2.05, 4.69) is 31.2 Å². The third kappa shape index (κ3) is 6.74. The lowest BCUT2D eigenvalue weighted by molar-refractivity contribution is -0.197. The third-order valence-electron chi connectivity index (χ3n) is 5.02. The SMILES string of the molecule is NC(N)=NC[C@H](O)C[C@](O)(C(=O)O)[C@H]1O[C@@H](n2cc(Br)c(N)nc2=O)C=C[C@@H]1NC(=O)C(N)CO. The third-order valence-corrected chi connectivity index (χ3v) is 5.63. The van der Waals surface area contributed by atoms with Crippen molar-refractivity contribution in [2.45, 2.75) is 42.5 Å². The molecule has 1 aliphatic heterocycles. The Morgan fingerprint density at radius 2 is 2.03 bits per heavy atom. The first-order chi connectivity index (χ1) is 16.3. The molecule has 2 heterocycles. The number of carbonyl (C=O) groups is 2. The van der Waals surface area contributed by atoms with E-state index in [4.69, 9.17) is 32.8 Å². The van der Waals surface area contributed by atoms with Gasteiger partial charge in [-0.1, -0.05) is 6.08 Å². The molecule has 17 heteroatoms. The van der Waals surface area contributed by atoms with Crippen LogP contribution in [0.2, 0.25) is 0 Å². The predicted octanol–water partition coefficient (Wildman–Crippen LogP) is -4.31. The van der Waals surface area contributed by atoms with E-state index in [9.17, 15) is 29.7 Å². The summed E-state index contributed by atoms with van der Waals surface area (Å²) in [7, 11) is 0. The van der Waals surface area contributed by atoms with Crippen LogP contribution in [-0.4, -0.2) is 90.9 Å². The smallest absolute Gasteiger partial charge is 0.351 e. The van der Waals surface area contributed by atoms with Crippen molar-refractivity contribution in [2.24, 2.45) is 22.2 Å². The maximum absolute atomic E-state index is 12.4. The number of carboxylic acid groups (broad SMARTS) is 1. The monoisotopic (exact) mass is 562 g/mol. The van der Waals surface area contributed by atoms with Crippen molar-refractivity contribution in [3.63, 3.8) is 0 Å². The highest BCUT2D eigenvalue weighted by Gasteiger charge is 2.52. The number of amides is 1. The fourth-order valence-corrected chi connectivity index (χ4v) is 3.55. The van der Waals surface area contributed by atoms with Crippen LogP contribution in [0.3, 0.4) is 0 Å². The van der Waals surface area contributed by atoms with Crippen LogP contribution in [-0.2, 0) is 14.3 Å². The van der Waals surface area contributed by atoms with E-state index >= 15 is 0 Å². The molecule has 6 atom stereocenters. The van der Waals surface area contributed by atoms with Gasteiger partial charge < -0.3 is 53.4 Å². The van der Waals surface area contributed by atoms with Crippen molar-refractivity contribution < 1.29 is 34.8 Å². The number of nitrogens with one attached hydrogen (secondary N) is 1. The van der Waals surface area contributed by atoms with Crippen LogP contribution < -0.4 is 33.9 Å². The number of hydrogen-bond acceptors (Lipinski definition) is 11. The summed E-state index contributed by atoms with van der Waals surface area (Å²) in [6.07, 6.45) is -1.63. The molecule has 1 aromatic heterocycles. The van der Waals surface area contributed by atoms with Crippen molar-refractivity contribution in [1.29, 1.82) is 0 Å². The fourth-order valence-electron chi connectivity index (χ4n) is 3.24. The Labute approximate surface area is 206 Å². The second kappa shape index (κ2) is 11.6. The normalized spacial score (nSPS) is 23.1. The lowest BCUT2D eigenvalue weighted by Crippen LogP contribution is -2.63. The Balaban J connectivity index is 2.50. The molecule has 0 saturated heterocycles. The number of aromatic nitrogens is 2. The van der Waals surface area contributed by atoms with E-state index in [1.807, 2.05) is 0 Å². The standard InChI is InChI=1S/C18H27BrN8O8/c19-8-5-27(17(33)26-13(8)21)11-2-1-10(25-14(30)9(20)6-28)12(35-11)18(34,15(31)32)3-7(29)4-24-16(22)23/h1-2,5,7,9-12,28-29,34H,3-4,6,20H2,(H,25,30)(H,31,32)(H2,21,26,33)(H4,22,23,24)/t7-,9?,10+,11-,12+,18-/m1/s1. The zero-order valence-corrected chi connectivity index (χ0v) is 19.8. The number of carboxylic acids is 1. The number of guanidine groups is 1. The van der Waals surface area contributed by atoms with E-state index in [0.717, 1.165) is 4.57 Å². The van der Waals surface area contributed by atoms with Crippen LogP contribution in [0.15, 0.2) is 32.6 Å². The molecule has 0 radical (unpaired) electrons. The van der Waals surface area contributed by atoms with E-state index in [0.29, 0.717) is 0 Å². The van der Waals surface area contributed by atoms with E-state index in [-0.39, 0.29) is 16.3 Å². The van der Waals surface area contributed by atoms with Gasteiger partial charge in [0.1, 0.15) is 18.0 Å². The number of aliphatic hydroxyl groups is 3. The molecule has 1 unspecified atom stereocenters. The highest BCUT2D eigenvalue weighted by molar-refractivity contribution is 9.10. The van der Waals surface area contributed by atoms with Crippen LogP contribution in [0.25, 0.3) is 0 Å². The Hall–Kier alpha value is -3.09. The fraction of sp³-hybridized carbons (Fsp3) is 0.500. The lowest BCUT2D eigenvalue weighted by Gasteiger charge is -2.41. The summed E-state index contributed by atoms with van der Waals surface area (Å²) in [5.41, 5.74) is 17.9. The van der Waals surface area contributed by atoms with Crippen molar-refractivity contribution in [2.75, 3.05) is 18.9 Å². The van der Waals surface area contributed by atoms with Crippen molar-refractivity contribution in [1.82, 2.24) is 14.9 Å². The number of ether oxygens (including phenoxy) is 1. The Kier molecular flexibility index (Phi) is 9.30. The predicted molar refractivity (Wildman–Crippen MR) is 125 cm³/mol. The van der Waals surface area contributed by atoms with Gasteiger partial charge in [-0.25, -0.2) is 9.59 Å². The average molecular weight is 563 g/mol. The van der Waals surface area contributed by atoms with E-state index in [1.165, 1.54) is 18.3 Å². The number of hydrogen-bond donors (Lipinski definition) is 9.